The maximum Gasteiger partial charge on any atom is 0.344 e. The van der Waals surface area contributed by atoms with E-state index in [0.717, 1.165) is 98.0 Å². The molecule has 6 nitrogen and oxygen atoms in total. The van der Waals surface area contributed by atoms with Crippen molar-refractivity contribution in [1.29, 1.82) is 0 Å². The topological polar surface area (TPSA) is 71.1 Å². The number of rotatable bonds is 16. The second-order valence-electron chi connectivity index (χ2n) is 18.0. The smallest absolute Gasteiger partial charge is 0.344 e. The molecular formula is C59H68O6S2+2. The molecule has 350 valence electrons. The predicted molar refractivity (Wildman–Crippen MR) is 273 cm³/mol. The number of carbonyl (C=O) groups excluding carboxylic acids is 2. The summed E-state index contributed by atoms with van der Waals surface area (Å²) in [5.74, 6) is 1.02. The van der Waals surface area contributed by atoms with E-state index in [2.05, 4.69) is 187 Å². The normalized spacial score (nSPS) is 15.0. The van der Waals surface area contributed by atoms with E-state index in [1.165, 1.54) is 35.8 Å². The van der Waals surface area contributed by atoms with Gasteiger partial charge in [-0.2, -0.15) is 0 Å². The van der Waals surface area contributed by atoms with Crippen LogP contribution in [0.25, 0.3) is 0 Å². The van der Waals surface area contributed by atoms with Gasteiger partial charge in [-0.25, -0.2) is 9.59 Å². The van der Waals surface area contributed by atoms with E-state index in [4.69, 9.17) is 18.9 Å². The number of esters is 2. The molecule has 0 N–H and O–H groups in total. The zero-order chi connectivity index (χ0) is 47.2. The lowest BCUT2D eigenvalue weighted by atomic mass is 9.83. The van der Waals surface area contributed by atoms with Gasteiger partial charge in [0.2, 0.25) is 0 Å². The first kappa shape index (κ1) is 49.5. The van der Waals surface area contributed by atoms with E-state index in [1.807, 2.05) is 0 Å². The van der Waals surface area contributed by atoms with Crippen molar-refractivity contribution in [1.82, 2.24) is 0 Å². The summed E-state index contributed by atoms with van der Waals surface area (Å²) < 4.78 is 23.8. The Morgan fingerprint density at radius 1 is 0.418 bits per heavy atom. The van der Waals surface area contributed by atoms with Gasteiger partial charge in [0.1, 0.15) is 22.7 Å². The van der Waals surface area contributed by atoms with Gasteiger partial charge < -0.3 is 18.9 Å². The second-order valence-corrected chi connectivity index (χ2v) is 22.1. The maximum absolute atomic E-state index is 12.7. The fraction of sp³-hybridized carbons (Fsp3) is 0.356. The monoisotopic (exact) mass is 936 g/mol. The zero-order valence-corrected chi connectivity index (χ0v) is 41.9. The van der Waals surface area contributed by atoms with Gasteiger partial charge in [0.05, 0.1) is 21.8 Å². The van der Waals surface area contributed by atoms with Gasteiger partial charge in [-0.15, -0.1) is 0 Å². The number of benzene rings is 6. The van der Waals surface area contributed by atoms with Crippen molar-refractivity contribution in [2.75, 3.05) is 13.2 Å². The summed E-state index contributed by atoms with van der Waals surface area (Å²) in [6.45, 7) is 12.3. The minimum absolute atomic E-state index is 0.0497. The summed E-state index contributed by atoms with van der Waals surface area (Å²) in [4.78, 5) is 32.8. The van der Waals surface area contributed by atoms with Crippen LogP contribution in [0.4, 0.5) is 0 Å². The molecule has 0 aliphatic heterocycles. The minimum atomic E-state index is -0.299. The maximum atomic E-state index is 12.7. The van der Waals surface area contributed by atoms with E-state index in [-0.39, 0.29) is 58.1 Å². The molecular weight excluding hydrogens is 869 g/mol. The predicted octanol–water partition coefficient (Wildman–Crippen LogP) is 14.5. The van der Waals surface area contributed by atoms with Crippen LogP contribution in [0.3, 0.4) is 0 Å². The standard InChI is InChI=1S/C30H35O3S.C29H33O3S/c1-4-30(18-12-7-13-19-30)33-28(31)22-32-29-23(2)20-27(21-24(29)3)34(25-14-8-5-9-15-25)26-16-10-6-11-17-26;1-4-29(17-11-12-18-29)32-27(30)21-31-28-22(2)19-26(20-23(28)3)33(24-13-7-5-8-14-24)25-15-9-6-10-16-25/h5-6,8-11,14-17,20-21H,4,7,12-13,18-19,22H2,1-3H3;5-10,13-16,19-20H,4,11-12,17-18,21H2,1-3H3/q2*+1. The molecule has 0 aromatic heterocycles. The van der Waals surface area contributed by atoms with Crippen LogP contribution in [-0.4, -0.2) is 36.4 Å². The number of aryl methyl sites for hydroxylation is 4. The third-order valence-corrected chi connectivity index (χ3v) is 17.5. The van der Waals surface area contributed by atoms with E-state index in [0.29, 0.717) is 0 Å². The second kappa shape index (κ2) is 23.5. The van der Waals surface area contributed by atoms with Crippen molar-refractivity contribution in [2.24, 2.45) is 0 Å². The Morgan fingerprint density at radius 3 is 0.955 bits per heavy atom. The van der Waals surface area contributed by atoms with Crippen LogP contribution in [-0.2, 0) is 40.9 Å². The van der Waals surface area contributed by atoms with Crippen molar-refractivity contribution in [3.8, 4) is 11.5 Å². The van der Waals surface area contributed by atoms with Gasteiger partial charge in [-0.05, 0) is 163 Å². The molecule has 2 fully saturated rings. The molecule has 0 radical (unpaired) electrons. The van der Waals surface area contributed by atoms with Crippen LogP contribution in [0.1, 0.15) is 107 Å². The SMILES string of the molecule is CCC1(OC(=O)COc2c(C)cc([S+](c3ccccc3)c3ccccc3)cc2C)CCCC1.CCC1(OC(=O)COc2c(C)cc([S+](c3ccccc3)c3ccccc3)cc2C)CCCCC1. The summed E-state index contributed by atoms with van der Waals surface area (Å²) in [6.07, 6.45) is 11.3. The molecule has 6 aromatic carbocycles. The molecule has 0 bridgehead atoms. The van der Waals surface area contributed by atoms with Gasteiger partial charge in [0.25, 0.3) is 0 Å². The molecule has 2 aliphatic rings. The summed E-state index contributed by atoms with van der Waals surface area (Å²) in [7, 11) is -0.429. The van der Waals surface area contributed by atoms with E-state index in [1.54, 1.807) is 0 Å². The molecule has 8 heteroatoms. The third kappa shape index (κ3) is 12.8. The van der Waals surface area contributed by atoms with Crippen molar-refractivity contribution in [3.05, 3.63) is 168 Å². The minimum Gasteiger partial charge on any atom is -0.481 e. The summed E-state index contributed by atoms with van der Waals surface area (Å²) in [5, 5.41) is 0. The highest BCUT2D eigenvalue weighted by atomic mass is 32.2. The van der Waals surface area contributed by atoms with Gasteiger partial charge in [0, 0.05) is 24.3 Å². The Hall–Kier alpha value is -5.44. The van der Waals surface area contributed by atoms with Crippen molar-refractivity contribution < 1.29 is 28.5 Å². The van der Waals surface area contributed by atoms with Gasteiger partial charge >= 0.3 is 11.9 Å². The molecule has 2 aliphatic carbocycles. The first-order valence-corrected chi connectivity index (χ1v) is 26.6. The van der Waals surface area contributed by atoms with Crippen LogP contribution in [0, 0.1) is 27.7 Å². The average molecular weight is 937 g/mol. The molecule has 0 unspecified atom stereocenters. The average Bonchev–Trinajstić information content (AvgIpc) is 3.82. The highest BCUT2D eigenvalue weighted by Gasteiger charge is 2.37. The zero-order valence-electron chi connectivity index (χ0n) is 40.3. The largest absolute Gasteiger partial charge is 0.481 e. The molecule has 6 aromatic rings. The van der Waals surface area contributed by atoms with Crippen molar-refractivity contribution in [2.45, 2.75) is 153 Å². The Balaban J connectivity index is 0.000000199. The molecule has 0 heterocycles. The summed E-state index contributed by atoms with van der Waals surface area (Å²) >= 11 is 0. The van der Waals surface area contributed by atoms with Crippen LogP contribution in [0.2, 0.25) is 0 Å². The van der Waals surface area contributed by atoms with Crippen molar-refractivity contribution >= 4 is 33.7 Å². The molecule has 0 amide bonds. The fourth-order valence-corrected chi connectivity index (χ4v) is 14.2. The Bertz CT molecular complexity index is 2390. The Labute approximate surface area is 405 Å². The number of hydrogen-bond acceptors (Lipinski definition) is 6. The first-order valence-electron chi connectivity index (χ1n) is 24.1. The quantitative estimate of drug-likeness (QED) is 0.0711. The molecule has 0 saturated heterocycles. The van der Waals surface area contributed by atoms with Gasteiger partial charge in [-0.3, -0.25) is 0 Å². The highest BCUT2D eigenvalue weighted by molar-refractivity contribution is 7.97. The third-order valence-electron chi connectivity index (χ3n) is 13.2. The Morgan fingerprint density at radius 2 is 0.687 bits per heavy atom. The molecule has 2 saturated carbocycles. The van der Waals surface area contributed by atoms with Gasteiger partial charge in [0.15, 0.2) is 42.6 Å². The summed E-state index contributed by atoms with van der Waals surface area (Å²) in [5.41, 5.74) is 3.56. The molecule has 0 atom stereocenters. The fourth-order valence-electron chi connectivity index (χ4n) is 9.63. The van der Waals surface area contributed by atoms with Gasteiger partial charge in [-0.1, -0.05) is 93.1 Å². The lowest BCUT2D eigenvalue weighted by Gasteiger charge is -2.35. The van der Waals surface area contributed by atoms with E-state index in [9.17, 15) is 9.59 Å². The van der Waals surface area contributed by atoms with Crippen LogP contribution < -0.4 is 9.47 Å². The van der Waals surface area contributed by atoms with Crippen molar-refractivity contribution in [3.63, 3.8) is 0 Å². The molecule has 8 rings (SSSR count). The molecule has 67 heavy (non-hydrogen) atoms. The molecule has 0 spiro atoms. The number of hydrogen-bond donors (Lipinski definition) is 0. The van der Waals surface area contributed by atoms with Crippen LogP contribution in [0.5, 0.6) is 11.5 Å². The first-order chi connectivity index (χ1) is 32.5. The number of carbonyl (C=O) groups is 2. The van der Waals surface area contributed by atoms with Crippen LogP contribution in [0.15, 0.2) is 175 Å². The van der Waals surface area contributed by atoms with E-state index >= 15 is 0 Å². The lowest BCUT2D eigenvalue weighted by Crippen LogP contribution is -2.38. The summed E-state index contributed by atoms with van der Waals surface area (Å²) in [6, 6.07) is 51.3. The highest BCUT2D eigenvalue weighted by Crippen LogP contribution is 2.39. The Kier molecular flexibility index (Phi) is 17.4. The number of ether oxygens (including phenoxy) is 4. The van der Waals surface area contributed by atoms with Crippen LogP contribution >= 0.6 is 0 Å². The van der Waals surface area contributed by atoms with E-state index < -0.39 is 0 Å². The lowest BCUT2D eigenvalue weighted by molar-refractivity contribution is -0.166.